The van der Waals surface area contributed by atoms with Gasteiger partial charge in [-0.3, -0.25) is 4.99 Å². The van der Waals surface area contributed by atoms with Gasteiger partial charge < -0.3 is 29.2 Å². The molecule has 156 valence electrons. The summed E-state index contributed by atoms with van der Waals surface area (Å²) >= 11 is 0. The number of benzene rings is 1. The third kappa shape index (κ3) is 6.09. The maximum absolute atomic E-state index is 5.95. The minimum absolute atomic E-state index is 0.124. The molecular formula is C21H33N3O4. The Morgan fingerprint density at radius 2 is 2.14 bits per heavy atom. The van der Waals surface area contributed by atoms with Crippen LogP contribution in [-0.2, 0) is 20.8 Å². The molecular weight excluding hydrogens is 358 g/mol. The first-order valence-corrected chi connectivity index (χ1v) is 10.2. The van der Waals surface area contributed by atoms with Gasteiger partial charge in [0, 0.05) is 53.4 Å². The molecule has 0 aliphatic carbocycles. The number of nitrogens with one attached hydrogen (secondary N) is 1. The van der Waals surface area contributed by atoms with Crippen LogP contribution in [0.15, 0.2) is 29.3 Å². The molecule has 2 aliphatic rings. The summed E-state index contributed by atoms with van der Waals surface area (Å²) < 4.78 is 22.6. The van der Waals surface area contributed by atoms with Gasteiger partial charge in [-0.15, -0.1) is 0 Å². The average Bonchev–Trinajstić information content (AvgIpc) is 3.27. The van der Waals surface area contributed by atoms with E-state index in [4.69, 9.17) is 18.9 Å². The van der Waals surface area contributed by atoms with Crippen molar-refractivity contribution in [2.24, 2.45) is 4.99 Å². The zero-order chi connectivity index (χ0) is 19.6. The number of nitrogens with zero attached hydrogens (tertiary/aromatic N) is 2. The molecule has 0 radical (unpaired) electrons. The highest BCUT2D eigenvalue weighted by Gasteiger charge is 2.32. The van der Waals surface area contributed by atoms with Crippen molar-refractivity contribution < 1.29 is 18.9 Å². The van der Waals surface area contributed by atoms with Crippen molar-refractivity contribution in [3.05, 3.63) is 29.8 Å². The SMILES string of the molecule is CN=C(NCc1cccc(OCCCOC)c1)N1CCOC(C2CCCO2)C1. The van der Waals surface area contributed by atoms with E-state index in [1.165, 1.54) is 0 Å². The van der Waals surface area contributed by atoms with E-state index in [0.717, 1.165) is 56.2 Å². The van der Waals surface area contributed by atoms with E-state index in [9.17, 15) is 0 Å². The predicted octanol–water partition coefficient (Wildman–Crippen LogP) is 2.06. The summed E-state index contributed by atoms with van der Waals surface area (Å²) in [7, 11) is 3.53. The molecule has 2 heterocycles. The van der Waals surface area contributed by atoms with Gasteiger partial charge in [-0.2, -0.15) is 0 Å². The van der Waals surface area contributed by atoms with Crippen LogP contribution in [0.2, 0.25) is 0 Å². The van der Waals surface area contributed by atoms with Gasteiger partial charge in [0.2, 0.25) is 0 Å². The molecule has 1 aromatic carbocycles. The fraction of sp³-hybridized carbons (Fsp3) is 0.667. The fourth-order valence-electron chi connectivity index (χ4n) is 3.64. The molecule has 2 aliphatic heterocycles. The lowest BCUT2D eigenvalue weighted by molar-refractivity contribution is -0.0817. The Morgan fingerprint density at radius 1 is 1.25 bits per heavy atom. The van der Waals surface area contributed by atoms with Crippen LogP contribution in [0.4, 0.5) is 0 Å². The first-order valence-electron chi connectivity index (χ1n) is 10.2. The van der Waals surface area contributed by atoms with Gasteiger partial charge in [0.05, 0.1) is 19.3 Å². The third-order valence-electron chi connectivity index (χ3n) is 5.09. The maximum atomic E-state index is 5.95. The molecule has 1 aromatic rings. The number of hydrogen-bond donors (Lipinski definition) is 1. The van der Waals surface area contributed by atoms with Gasteiger partial charge in [-0.25, -0.2) is 0 Å². The molecule has 0 amide bonds. The Kier molecular flexibility index (Phi) is 8.39. The zero-order valence-corrected chi connectivity index (χ0v) is 17.1. The molecule has 0 spiro atoms. The molecule has 0 saturated carbocycles. The number of ether oxygens (including phenoxy) is 4. The second-order valence-electron chi connectivity index (χ2n) is 7.15. The van der Waals surface area contributed by atoms with Crippen LogP contribution in [0, 0.1) is 0 Å². The summed E-state index contributed by atoms with van der Waals surface area (Å²) in [5.41, 5.74) is 1.16. The Labute approximate surface area is 168 Å². The molecule has 2 fully saturated rings. The molecule has 7 heteroatoms. The van der Waals surface area contributed by atoms with E-state index < -0.39 is 0 Å². The average molecular weight is 392 g/mol. The largest absolute Gasteiger partial charge is 0.493 e. The molecule has 7 nitrogen and oxygen atoms in total. The van der Waals surface area contributed by atoms with Crippen molar-refractivity contribution in [2.75, 3.05) is 53.7 Å². The van der Waals surface area contributed by atoms with Crippen LogP contribution < -0.4 is 10.1 Å². The minimum atomic E-state index is 0.124. The van der Waals surface area contributed by atoms with E-state index in [0.29, 0.717) is 26.4 Å². The van der Waals surface area contributed by atoms with Gasteiger partial charge in [0.15, 0.2) is 5.96 Å². The van der Waals surface area contributed by atoms with Gasteiger partial charge >= 0.3 is 0 Å². The van der Waals surface area contributed by atoms with E-state index in [1.807, 2.05) is 19.2 Å². The highest BCUT2D eigenvalue weighted by Crippen LogP contribution is 2.21. The van der Waals surface area contributed by atoms with Crippen molar-refractivity contribution in [2.45, 2.75) is 38.0 Å². The van der Waals surface area contributed by atoms with E-state index >= 15 is 0 Å². The monoisotopic (exact) mass is 391 g/mol. The second-order valence-corrected chi connectivity index (χ2v) is 7.15. The van der Waals surface area contributed by atoms with Crippen molar-refractivity contribution in [3.8, 4) is 5.75 Å². The number of aliphatic imine (C=N–C) groups is 1. The summed E-state index contributed by atoms with van der Waals surface area (Å²) in [5, 5.41) is 3.47. The van der Waals surface area contributed by atoms with E-state index in [-0.39, 0.29) is 12.2 Å². The summed E-state index contributed by atoms with van der Waals surface area (Å²) in [5.74, 6) is 1.79. The van der Waals surface area contributed by atoms with Gasteiger partial charge in [0.25, 0.3) is 0 Å². The molecule has 2 unspecified atom stereocenters. The van der Waals surface area contributed by atoms with Crippen molar-refractivity contribution in [1.82, 2.24) is 10.2 Å². The molecule has 1 N–H and O–H groups in total. The number of guanidine groups is 1. The van der Waals surface area contributed by atoms with Gasteiger partial charge in [-0.05, 0) is 30.5 Å². The van der Waals surface area contributed by atoms with Crippen LogP contribution in [0.25, 0.3) is 0 Å². The number of morpholine rings is 1. The quantitative estimate of drug-likeness (QED) is 0.416. The van der Waals surface area contributed by atoms with Crippen molar-refractivity contribution >= 4 is 5.96 Å². The molecule has 0 aromatic heterocycles. The Balaban J connectivity index is 1.49. The number of methoxy groups -OCH3 is 1. The molecule has 0 bridgehead atoms. The Morgan fingerprint density at radius 3 is 2.93 bits per heavy atom. The predicted molar refractivity (Wildman–Crippen MR) is 109 cm³/mol. The third-order valence-corrected chi connectivity index (χ3v) is 5.09. The normalized spacial score (nSPS) is 23.1. The summed E-state index contributed by atoms with van der Waals surface area (Å²) in [6, 6.07) is 8.17. The van der Waals surface area contributed by atoms with Crippen molar-refractivity contribution in [1.29, 1.82) is 0 Å². The number of rotatable bonds is 8. The fourth-order valence-corrected chi connectivity index (χ4v) is 3.64. The first kappa shape index (κ1) is 20.9. The lowest BCUT2D eigenvalue weighted by Gasteiger charge is -2.37. The highest BCUT2D eigenvalue weighted by atomic mass is 16.5. The van der Waals surface area contributed by atoms with Crippen molar-refractivity contribution in [3.63, 3.8) is 0 Å². The smallest absolute Gasteiger partial charge is 0.194 e. The summed E-state index contributed by atoms with van der Waals surface area (Å²) in [6.45, 7) is 5.27. The zero-order valence-electron chi connectivity index (χ0n) is 17.1. The van der Waals surface area contributed by atoms with E-state index in [1.54, 1.807) is 7.11 Å². The summed E-state index contributed by atoms with van der Waals surface area (Å²) in [4.78, 5) is 6.74. The standard InChI is InChI=1S/C21H33N3O4/c1-22-21(24-9-13-28-20(16-24)19-8-4-11-27-19)23-15-17-6-3-7-18(14-17)26-12-5-10-25-2/h3,6-7,14,19-20H,4-5,8-13,15-16H2,1-2H3,(H,22,23). The molecule has 2 saturated heterocycles. The van der Waals surface area contributed by atoms with Crippen LogP contribution >= 0.6 is 0 Å². The van der Waals surface area contributed by atoms with Crippen LogP contribution in [0.1, 0.15) is 24.8 Å². The highest BCUT2D eigenvalue weighted by molar-refractivity contribution is 5.80. The minimum Gasteiger partial charge on any atom is -0.493 e. The van der Waals surface area contributed by atoms with E-state index in [2.05, 4.69) is 27.3 Å². The van der Waals surface area contributed by atoms with Gasteiger partial charge in [0.1, 0.15) is 11.9 Å². The topological polar surface area (TPSA) is 64.6 Å². The number of hydrogen-bond acceptors (Lipinski definition) is 5. The van der Waals surface area contributed by atoms with Crippen LogP contribution in [0.3, 0.4) is 0 Å². The summed E-state index contributed by atoms with van der Waals surface area (Å²) in [6.07, 6.45) is 3.43. The molecule has 3 rings (SSSR count). The maximum Gasteiger partial charge on any atom is 0.194 e. The Hall–Kier alpha value is -1.83. The molecule has 2 atom stereocenters. The van der Waals surface area contributed by atoms with Crippen LogP contribution in [0.5, 0.6) is 5.75 Å². The first-order chi connectivity index (χ1) is 13.8. The Bertz CT molecular complexity index is 619. The van der Waals surface area contributed by atoms with Crippen LogP contribution in [-0.4, -0.2) is 76.7 Å². The molecule has 28 heavy (non-hydrogen) atoms. The van der Waals surface area contributed by atoms with Gasteiger partial charge in [-0.1, -0.05) is 12.1 Å². The lowest BCUT2D eigenvalue weighted by atomic mass is 10.1. The lowest BCUT2D eigenvalue weighted by Crippen LogP contribution is -2.53. The second kappa shape index (κ2) is 11.2.